The zero-order chi connectivity index (χ0) is 100. The number of rotatable bonds is 20. The Morgan fingerprint density at radius 3 is 1.03 bits per heavy atom. The first kappa shape index (κ1) is 107. The summed E-state index contributed by atoms with van der Waals surface area (Å²) in [5, 5.41) is 15.0. The van der Waals surface area contributed by atoms with Gasteiger partial charge in [-0.1, -0.05) is 313 Å². The number of methoxy groups -OCH3 is 1. The number of nitrogens with two attached hydrogens (primary N) is 1. The fourth-order valence-corrected chi connectivity index (χ4v) is 19.2. The quantitative estimate of drug-likeness (QED) is 0.0684. The topological polar surface area (TPSA) is 144 Å². The van der Waals surface area contributed by atoms with Crippen molar-refractivity contribution in [3.8, 4) is 6.07 Å². The predicted molar refractivity (Wildman–Crippen MR) is 591 cm³/mol. The number of primary amides is 1. The average Bonchev–Trinajstić information content (AvgIpc) is 1.62. The van der Waals surface area contributed by atoms with Crippen LogP contribution in [0.15, 0.2) is 164 Å². The van der Waals surface area contributed by atoms with E-state index >= 15 is 0 Å². The van der Waals surface area contributed by atoms with Gasteiger partial charge in [-0.05, 0) is 354 Å². The van der Waals surface area contributed by atoms with Crippen molar-refractivity contribution in [1.82, 2.24) is 20.4 Å². The molecule has 0 saturated heterocycles. The molecular formula is C127H159N7O4. The van der Waals surface area contributed by atoms with Crippen LogP contribution < -0.4 is 21.3 Å². The molecule has 0 aliphatic heterocycles. The lowest BCUT2D eigenvalue weighted by Gasteiger charge is -2.20. The molecule has 0 unspecified atom stereocenters. The summed E-state index contributed by atoms with van der Waals surface area (Å²) in [7, 11) is 17.6. The summed E-state index contributed by atoms with van der Waals surface area (Å²) in [5.41, 5.74) is 52.2. The first-order valence-corrected chi connectivity index (χ1v) is 50.9. The average molecular weight is 1850 g/mol. The molecule has 0 bridgehead atoms. The van der Waals surface area contributed by atoms with E-state index in [9.17, 15) is 14.4 Å². The number of hydrogen-bond acceptors (Lipinski definition) is 8. The van der Waals surface area contributed by atoms with Crippen molar-refractivity contribution in [3.63, 3.8) is 0 Å². The van der Waals surface area contributed by atoms with E-state index in [0.717, 1.165) is 110 Å². The van der Waals surface area contributed by atoms with Gasteiger partial charge in [-0.3, -0.25) is 14.4 Å². The Bertz CT molecular complexity index is 6060. The van der Waals surface area contributed by atoms with E-state index in [1.165, 1.54) is 170 Å². The molecule has 0 heterocycles. The molecule has 19 rings (SSSR count). The van der Waals surface area contributed by atoms with E-state index in [1.807, 2.05) is 25.2 Å². The number of nitrogens with zero attached hydrogens (tertiary/aromatic N) is 4. The summed E-state index contributed by atoms with van der Waals surface area (Å²) in [6, 6.07) is 42.6. The summed E-state index contributed by atoms with van der Waals surface area (Å²) in [4.78, 5) is 41.4. The third-order valence-corrected chi connectivity index (χ3v) is 27.8. The summed E-state index contributed by atoms with van der Waals surface area (Å²) in [5.74, 6) is 5.55. The molecule has 138 heavy (non-hydrogen) atoms. The molecule has 0 radical (unpaired) electrons. The number of carbonyl (C=O) groups excluding carboxylic acids is 3. The molecule has 0 atom stereocenters. The Morgan fingerprint density at radius 2 is 0.659 bits per heavy atom. The Hall–Kier alpha value is -11.8. The Morgan fingerprint density at radius 1 is 0.362 bits per heavy atom. The predicted octanol–water partition coefficient (Wildman–Crippen LogP) is 29.3. The molecule has 726 valence electrons. The zero-order valence-electron chi connectivity index (χ0n) is 88.5. The number of nitriles is 1. The summed E-state index contributed by atoms with van der Waals surface area (Å²) < 4.78 is 5.26. The van der Waals surface area contributed by atoms with Crippen molar-refractivity contribution in [1.29, 1.82) is 5.26 Å². The van der Waals surface area contributed by atoms with Crippen LogP contribution in [0.25, 0.3) is 54.7 Å². The highest BCUT2D eigenvalue weighted by Gasteiger charge is 2.30. The van der Waals surface area contributed by atoms with E-state index < -0.39 is 0 Å². The molecule has 3 amide bonds. The highest BCUT2D eigenvalue weighted by Crippen LogP contribution is 2.46. The highest BCUT2D eigenvalue weighted by atomic mass is 16.5. The van der Waals surface area contributed by atoms with Crippen LogP contribution in [0, 0.1) is 11.3 Å². The van der Waals surface area contributed by atoms with Crippen LogP contribution in [0.5, 0.6) is 0 Å². The lowest BCUT2D eigenvalue weighted by molar-refractivity contribution is 0.0825. The van der Waals surface area contributed by atoms with Gasteiger partial charge in [0.2, 0.25) is 5.91 Å². The molecule has 10 aliphatic carbocycles. The second kappa shape index (κ2) is 49.2. The molecule has 0 spiro atoms. The van der Waals surface area contributed by atoms with E-state index in [1.54, 1.807) is 44.3 Å². The lowest BCUT2D eigenvalue weighted by atomic mass is 9.92. The van der Waals surface area contributed by atoms with Gasteiger partial charge in [-0.2, -0.15) is 5.26 Å². The normalized spacial score (nSPS) is 13.9. The van der Waals surface area contributed by atoms with Gasteiger partial charge in [0.25, 0.3) is 11.8 Å². The van der Waals surface area contributed by atoms with Gasteiger partial charge < -0.3 is 35.8 Å². The molecule has 10 aliphatic rings. The summed E-state index contributed by atoms with van der Waals surface area (Å²) in [6.07, 6.45) is 51.3. The van der Waals surface area contributed by atoms with E-state index in [0.29, 0.717) is 58.8 Å². The van der Waals surface area contributed by atoms with E-state index in [4.69, 9.17) is 15.7 Å². The summed E-state index contributed by atoms with van der Waals surface area (Å²) in [6.45, 7) is 42.5. The van der Waals surface area contributed by atoms with Gasteiger partial charge in [-0.25, -0.2) is 0 Å². The third-order valence-electron chi connectivity index (χ3n) is 27.8. The van der Waals surface area contributed by atoms with Gasteiger partial charge in [-0.15, -0.1) is 0 Å². The van der Waals surface area contributed by atoms with Crippen molar-refractivity contribution in [2.75, 3.05) is 68.4 Å². The van der Waals surface area contributed by atoms with Crippen LogP contribution in [0.2, 0.25) is 0 Å². The van der Waals surface area contributed by atoms with E-state index in [2.05, 4.69) is 380 Å². The van der Waals surface area contributed by atoms with Crippen LogP contribution in [0.1, 0.15) is 406 Å². The maximum atomic E-state index is 12.2. The minimum absolute atomic E-state index is 0.0162. The fourth-order valence-electron chi connectivity index (χ4n) is 19.2. The Labute approximate surface area is 830 Å². The maximum Gasteiger partial charge on any atom is 0.253 e. The second-order valence-corrected chi connectivity index (χ2v) is 42.0. The number of hydrogen-bond donors (Lipinski definition) is 3. The lowest BCUT2D eigenvalue weighted by Crippen LogP contribution is -2.23. The third kappa shape index (κ3) is 27.2. The van der Waals surface area contributed by atoms with Gasteiger partial charge in [0, 0.05) is 77.8 Å². The maximum absolute atomic E-state index is 12.2. The molecular weight excluding hydrogens is 1690 g/mol. The van der Waals surface area contributed by atoms with Gasteiger partial charge in [0.1, 0.15) is 0 Å². The van der Waals surface area contributed by atoms with Crippen molar-refractivity contribution in [3.05, 3.63) is 359 Å². The van der Waals surface area contributed by atoms with Crippen LogP contribution in [-0.2, 0) is 82.2 Å². The zero-order valence-corrected chi connectivity index (χ0v) is 88.5. The van der Waals surface area contributed by atoms with Crippen LogP contribution >= 0.6 is 0 Å². The molecule has 1 fully saturated rings. The van der Waals surface area contributed by atoms with Gasteiger partial charge >= 0.3 is 0 Å². The Balaban J connectivity index is 0.000000149. The number of benzene rings is 9. The number of amides is 3. The van der Waals surface area contributed by atoms with Crippen molar-refractivity contribution >= 4 is 78.1 Å². The summed E-state index contributed by atoms with van der Waals surface area (Å²) >= 11 is 0. The van der Waals surface area contributed by atoms with Crippen LogP contribution in [-0.4, -0.2) is 91.0 Å². The first-order chi connectivity index (χ1) is 65.8. The molecule has 11 heteroatoms. The monoisotopic (exact) mass is 1850 g/mol. The molecule has 4 N–H and O–H groups in total. The van der Waals surface area contributed by atoms with Crippen molar-refractivity contribution < 1.29 is 19.1 Å². The molecule has 9 aromatic rings. The van der Waals surface area contributed by atoms with Crippen molar-refractivity contribution in [2.45, 2.75) is 274 Å². The molecule has 11 nitrogen and oxygen atoms in total. The number of ether oxygens (including phenoxy) is 1. The van der Waals surface area contributed by atoms with Crippen LogP contribution in [0.3, 0.4) is 0 Å². The van der Waals surface area contributed by atoms with Gasteiger partial charge in [0.15, 0.2) is 0 Å². The number of carbonyl (C=O) groups is 3. The fraction of sp³-hybridized carbons (Fsp3) is 0.402. The smallest absolute Gasteiger partial charge is 0.253 e. The highest BCUT2D eigenvalue weighted by molar-refractivity contribution is 5.99. The molecule has 0 aromatic heterocycles. The number of anilines is 1. The number of nitrogens with one attached hydrogen (secondary N) is 2. The minimum Gasteiger partial charge on any atom is -0.380 e. The Kier molecular flexibility index (Phi) is 38.0. The molecule has 1 saturated carbocycles. The van der Waals surface area contributed by atoms with Crippen molar-refractivity contribution in [2.24, 2.45) is 5.73 Å². The molecule has 9 aromatic carbocycles. The largest absolute Gasteiger partial charge is 0.380 e. The SMILES string of the molecule is CC(C)c1cc(C#N)c2c(c1)C=CC2.CC(C)c1cc2c(c(C(=O)N(C)C)c1)CC=C2.CC(C)c1cc2c(c(C(N)=O)c1)CC=C2.CC(C)c1cc2c(c(C3CC3)c1)CC=C2.CC(C)c1cc2c(c(CN(C)C)c1)CC=C2.CC(C)c1cc2c(c(N(C)C)c1)CC=C2.CNC(=O)c1cc(C(C)C)cc2c1CC=C2.CNCc1cc(C(C)C)cc2c1CC=C2.COCc1cc(C(C)C)cc2c1CC=C2. The minimum atomic E-state index is -0.322. The first-order valence-electron chi connectivity index (χ1n) is 50.9. The second-order valence-electron chi connectivity index (χ2n) is 42.0. The number of fused-ring (bicyclic) bond motifs is 9. The van der Waals surface area contributed by atoms with Gasteiger partial charge in [0.05, 0.1) is 18.2 Å². The number of allylic oxidation sites excluding steroid dienone is 9. The van der Waals surface area contributed by atoms with Crippen LogP contribution in [0.4, 0.5) is 5.69 Å². The standard InChI is InChI=1S/C15H19NO.C15H21N.C15H18.C14H17NO.2C14H19N.C14H18O.C13H15NO.C13H13N/c1-10(2)12-8-11-6-5-7-13(11)14(9-12)15(17)16(3)4;1-11(2)13-8-12-6-5-7-15(12)14(9-13)10-16(3)4;1-10(2)13-8-12-4-3-5-14(12)15(9-13)11-6-7-11;1-9(2)11-7-10-5-4-6-12(10)13(8-11)14(16)15-3;1-10(2)12-8-11-6-5-7-13(11)14(9-12)15(3)4;2*1-10(2)12-7-11-5-4-6-14(11)13(8-12)9-15-3;1-8(2)10-6-9-4-3-5-11(9)12(7-10)13(14)15;1-9(2)11-6-10-4-3-5-13(10)12(7-11)8-14/h5-6,8-10H,7H2,1-4H3;5-6,8-9,11H,7,10H2,1-4H3;3-4,8-11H,5-7H2,1-2H3;4-5,7-9H,6H2,1-3H3,(H,15,16);5-6,8-10H,7H2,1-4H3;4-5,7-8,10,15H,6,9H2,1-3H3;4-5,7-8,10H,6,9H2,1-3H3;3-4,6-8H,5H2,1-2H3,(H2,14,15);3-4,6-7,9H,5H2,1-2H3. The van der Waals surface area contributed by atoms with E-state index in [-0.39, 0.29) is 17.7 Å².